The highest BCUT2D eigenvalue weighted by Gasteiger charge is 2.00. The monoisotopic (exact) mass is 362 g/mol. The average Bonchev–Trinajstić information content (AvgIpc) is 2.67. The van der Waals surface area contributed by atoms with Gasteiger partial charge >= 0.3 is 0 Å². The lowest BCUT2D eigenvalue weighted by Gasteiger charge is -2.07. The summed E-state index contributed by atoms with van der Waals surface area (Å²) in [6.45, 7) is 7.16. The number of hydrogen-bond donors (Lipinski definition) is 0. The van der Waals surface area contributed by atoms with Crippen LogP contribution in [-0.4, -0.2) is 40.6 Å². The van der Waals surface area contributed by atoms with Crippen LogP contribution in [0.15, 0.2) is 36.8 Å². The molecule has 0 aliphatic carbocycles. The molecule has 0 saturated heterocycles. The average molecular weight is 363 g/mol. The van der Waals surface area contributed by atoms with E-state index in [0.717, 1.165) is 63.3 Å². The second kappa shape index (κ2) is 14.4. The topological polar surface area (TPSA) is 36.9 Å². The Bertz CT molecular complexity index is 483. The molecule has 0 spiro atoms. The van der Waals surface area contributed by atoms with Crippen molar-refractivity contribution in [3.8, 4) is 0 Å². The molecule has 1 rings (SSSR count). The van der Waals surface area contributed by atoms with Crippen LogP contribution in [0.3, 0.4) is 0 Å². The first-order valence-electron chi connectivity index (χ1n) is 9.34. The summed E-state index contributed by atoms with van der Waals surface area (Å²) in [5.41, 5.74) is 4.58. The maximum Gasteiger partial charge on any atom is 0.0874 e. The van der Waals surface area contributed by atoms with E-state index in [2.05, 4.69) is 38.1 Å². The van der Waals surface area contributed by atoms with Crippen LogP contribution in [0, 0.1) is 0 Å². The number of methoxy groups -OCH3 is 2. The predicted octanol–water partition coefficient (Wildman–Crippen LogP) is 5.29. The Hall–Kier alpha value is -1.78. The summed E-state index contributed by atoms with van der Waals surface area (Å²) in [7, 11) is 3.45. The van der Waals surface area contributed by atoms with Gasteiger partial charge < -0.3 is 18.9 Å². The molecule has 0 radical (unpaired) electrons. The second-order valence-electron chi connectivity index (χ2n) is 6.32. The normalized spacial score (nSPS) is 12.3. The Kier molecular flexibility index (Phi) is 12.3. The molecule has 0 fully saturated rings. The lowest BCUT2D eigenvalue weighted by atomic mass is 10.0. The summed E-state index contributed by atoms with van der Waals surface area (Å²) in [6, 6.07) is 8.47. The van der Waals surface area contributed by atoms with E-state index in [0.29, 0.717) is 0 Å². The van der Waals surface area contributed by atoms with Crippen molar-refractivity contribution >= 4 is 11.1 Å². The minimum absolute atomic E-state index is 0.725. The van der Waals surface area contributed by atoms with Crippen LogP contribution in [0.2, 0.25) is 0 Å². The smallest absolute Gasteiger partial charge is 0.0874 e. The second-order valence-corrected chi connectivity index (χ2v) is 6.32. The standard InChI is InChI=1S/C22H34O4/c1-19(17-25-15-7-5-13-23-3)21-9-11-22(12-10-21)20(2)18-26-16-8-6-14-24-4/h9-12,17-18H,5-8,13-16H2,1-4H3. The number of ether oxygens (including phenoxy) is 4. The fourth-order valence-electron chi connectivity index (χ4n) is 2.36. The lowest BCUT2D eigenvalue weighted by Crippen LogP contribution is -1.94. The van der Waals surface area contributed by atoms with Gasteiger partial charge in [-0.15, -0.1) is 0 Å². The van der Waals surface area contributed by atoms with Gasteiger partial charge in [-0.2, -0.15) is 0 Å². The van der Waals surface area contributed by atoms with Crippen molar-refractivity contribution < 1.29 is 18.9 Å². The van der Waals surface area contributed by atoms with E-state index in [1.54, 1.807) is 14.2 Å². The molecule has 26 heavy (non-hydrogen) atoms. The molecule has 0 atom stereocenters. The number of rotatable bonds is 14. The summed E-state index contributed by atoms with van der Waals surface area (Å²) in [6.07, 6.45) is 7.75. The zero-order valence-corrected chi connectivity index (χ0v) is 16.8. The third kappa shape index (κ3) is 9.64. The first-order valence-corrected chi connectivity index (χ1v) is 9.34. The van der Waals surface area contributed by atoms with E-state index in [1.807, 2.05) is 12.5 Å². The highest BCUT2D eigenvalue weighted by atomic mass is 16.5. The molecule has 0 aliphatic heterocycles. The quantitative estimate of drug-likeness (QED) is 0.333. The molecular formula is C22H34O4. The number of allylic oxidation sites excluding steroid dienone is 2. The maximum atomic E-state index is 5.61. The van der Waals surface area contributed by atoms with Gasteiger partial charge in [0.1, 0.15) is 0 Å². The Morgan fingerprint density at radius 2 is 1.00 bits per heavy atom. The van der Waals surface area contributed by atoms with Crippen LogP contribution >= 0.6 is 0 Å². The van der Waals surface area contributed by atoms with Gasteiger partial charge in [0.25, 0.3) is 0 Å². The largest absolute Gasteiger partial charge is 0.501 e. The summed E-state index contributed by atoms with van der Waals surface area (Å²) in [4.78, 5) is 0. The molecule has 4 heteroatoms. The van der Waals surface area contributed by atoms with Gasteiger partial charge in [-0.05, 0) is 61.8 Å². The summed E-state index contributed by atoms with van der Waals surface area (Å²) >= 11 is 0. The highest BCUT2D eigenvalue weighted by Crippen LogP contribution is 2.19. The van der Waals surface area contributed by atoms with E-state index in [1.165, 1.54) is 11.1 Å². The number of unbranched alkanes of at least 4 members (excludes halogenated alkanes) is 2. The zero-order valence-electron chi connectivity index (χ0n) is 16.8. The molecular weight excluding hydrogens is 328 g/mol. The van der Waals surface area contributed by atoms with Gasteiger partial charge in [-0.1, -0.05) is 24.3 Å². The van der Waals surface area contributed by atoms with Gasteiger partial charge in [0.05, 0.1) is 25.7 Å². The fourth-order valence-corrected chi connectivity index (χ4v) is 2.36. The van der Waals surface area contributed by atoms with Gasteiger partial charge in [0, 0.05) is 27.4 Å². The van der Waals surface area contributed by atoms with Crippen molar-refractivity contribution in [3.05, 3.63) is 47.9 Å². The van der Waals surface area contributed by atoms with E-state index in [9.17, 15) is 0 Å². The molecule has 0 aromatic heterocycles. The van der Waals surface area contributed by atoms with Crippen LogP contribution < -0.4 is 0 Å². The SMILES string of the molecule is COCCCCOC=C(C)c1ccc(C(C)=COCCCCOC)cc1. The third-order valence-electron chi connectivity index (χ3n) is 4.04. The highest BCUT2D eigenvalue weighted by molar-refractivity contribution is 5.68. The maximum absolute atomic E-state index is 5.61. The minimum Gasteiger partial charge on any atom is -0.501 e. The predicted molar refractivity (Wildman–Crippen MR) is 108 cm³/mol. The van der Waals surface area contributed by atoms with Crippen LogP contribution in [0.5, 0.6) is 0 Å². The Balaban J connectivity index is 2.41. The van der Waals surface area contributed by atoms with E-state index >= 15 is 0 Å². The number of hydrogen-bond acceptors (Lipinski definition) is 4. The molecule has 0 heterocycles. The lowest BCUT2D eigenvalue weighted by molar-refractivity contribution is 0.175. The van der Waals surface area contributed by atoms with Gasteiger partial charge in [-0.3, -0.25) is 0 Å². The Labute approximate surface area is 158 Å². The molecule has 146 valence electrons. The van der Waals surface area contributed by atoms with Crippen LogP contribution in [0.4, 0.5) is 0 Å². The van der Waals surface area contributed by atoms with Crippen molar-refractivity contribution in [3.63, 3.8) is 0 Å². The molecule has 0 aliphatic rings. The van der Waals surface area contributed by atoms with Gasteiger partial charge in [0.15, 0.2) is 0 Å². The fraction of sp³-hybridized carbons (Fsp3) is 0.545. The van der Waals surface area contributed by atoms with E-state index in [4.69, 9.17) is 18.9 Å². The van der Waals surface area contributed by atoms with Crippen molar-refractivity contribution in [2.45, 2.75) is 39.5 Å². The van der Waals surface area contributed by atoms with Crippen LogP contribution in [0.25, 0.3) is 11.1 Å². The van der Waals surface area contributed by atoms with E-state index < -0.39 is 0 Å². The molecule has 0 amide bonds. The molecule has 1 aromatic rings. The molecule has 0 unspecified atom stereocenters. The zero-order chi connectivity index (χ0) is 19.0. The van der Waals surface area contributed by atoms with Gasteiger partial charge in [0.2, 0.25) is 0 Å². The molecule has 1 aromatic carbocycles. The van der Waals surface area contributed by atoms with Crippen molar-refractivity contribution in [1.82, 2.24) is 0 Å². The number of benzene rings is 1. The van der Waals surface area contributed by atoms with Crippen LogP contribution in [-0.2, 0) is 18.9 Å². The Morgan fingerprint density at radius 1 is 0.654 bits per heavy atom. The Morgan fingerprint density at radius 3 is 1.35 bits per heavy atom. The summed E-state index contributed by atoms with van der Waals surface area (Å²) in [5, 5.41) is 0. The first-order chi connectivity index (χ1) is 12.7. The molecule has 4 nitrogen and oxygen atoms in total. The van der Waals surface area contributed by atoms with Crippen LogP contribution in [0.1, 0.15) is 50.7 Å². The molecule has 0 bridgehead atoms. The van der Waals surface area contributed by atoms with Crippen molar-refractivity contribution in [2.75, 3.05) is 40.6 Å². The molecule has 0 N–H and O–H groups in total. The molecule has 0 saturated carbocycles. The minimum atomic E-state index is 0.725. The van der Waals surface area contributed by atoms with Gasteiger partial charge in [-0.25, -0.2) is 0 Å². The summed E-state index contributed by atoms with van der Waals surface area (Å²) < 4.78 is 21.3. The third-order valence-corrected chi connectivity index (χ3v) is 4.04. The van der Waals surface area contributed by atoms with E-state index in [-0.39, 0.29) is 0 Å². The summed E-state index contributed by atoms with van der Waals surface area (Å²) in [5.74, 6) is 0. The van der Waals surface area contributed by atoms with Crippen molar-refractivity contribution in [2.24, 2.45) is 0 Å². The van der Waals surface area contributed by atoms with Crippen molar-refractivity contribution in [1.29, 1.82) is 0 Å². The first kappa shape index (κ1) is 22.3.